The predicted octanol–water partition coefficient (Wildman–Crippen LogP) is 3.44. The normalized spacial score (nSPS) is 18.4. The summed E-state index contributed by atoms with van der Waals surface area (Å²) in [5.41, 5.74) is 0.996. The van der Waals surface area contributed by atoms with Gasteiger partial charge in [0.1, 0.15) is 0 Å². The van der Waals surface area contributed by atoms with Gasteiger partial charge in [-0.25, -0.2) is 0 Å². The zero-order valence-electron chi connectivity index (χ0n) is 9.20. The second-order valence-corrected chi connectivity index (χ2v) is 5.62. The van der Waals surface area contributed by atoms with E-state index in [1.54, 1.807) is 0 Å². The van der Waals surface area contributed by atoms with Gasteiger partial charge in [-0.15, -0.1) is 0 Å². The van der Waals surface area contributed by atoms with Gasteiger partial charge in [-0.3, -0.25) is 4.90 Å². The van der Waals surface area contributed by atoms with E-state index in [4.69, 9.17) is 12.2 Å². The Hall–Kier alpha value is -0.870. The van der Waals surface area contributed by atoms with Crippen LogP contribution in [0.25, 0.3) is 0 Å². The van der Waals surface area contributed by atoms with E-state index in [-0.39, 0.29) is 5.54 Å². The minimum atomic E-state index is -0.0665. The zero-order chi connectivity index (χ0) is 11.8. The van der Waals surface area contributed by atoms with Crippen molar-refractivity contribution in [3.8, 4) is 0 Å². The Kier molecular flexibility index (Phi) is 3.04. The number of thiocarbonyl (C=S) groups is 1. The lowest BCUT2D eigenvalue weighted by Gasteiger charge is -2.34. The van der Waals surface area contributed by atoms with Gasteiger partial charge in [0.25, 0.3) is 0 Å². The topological polar surface area (TPSA) is 15.3 Å². The molecule has 2 rings (SSSR count). The molecule has 1 aliphatic rings. The number of rotatable bonds is 1. The Morgan fingerprint density at radius 2 is 1.88 bits per heavy atom. The first-order valence-electron chi connectivity index (χ1n) is 5.04. The van der Waals surface area contributed by atoms with E-state index in [1.165, 1.54) is 0 Å². The molecule has 0 bridgehead atoms. The third-order valence-electron chi connectivity index (χ3n) is 2.39. The molecule has 0 aromatic heterocycles. The van der Waals surface area contributed by atoms with Gasteiger partial charge in [0.05, 0.1) is 5.54 Å². The maximum atomic E-state index is 5.34. The van der Waals surface area contributed by atoms with E-state index in [9.17, 15) is 0 Å². The Bertz CT molecular complexity index is 437. The number of hydrogen-bond acceptors (Lipinski definition) is 1. The summed E-state index contributed by atoms with van der Waals surface area (Å²) in [5, 5.41) is 4.01. The molecule has 1 N–H and O–H groups in total. The average molecular weight is 297 g/mol. The molecule has 0 atom stereocenters. The molecule has 2 nitrogen and oxygen atoms in total. The highest BCUT2D eigenvalue weighted by Crippen LogP contribution is 2.22. The fourth-order valence-corrected chi connectivity index (χ4v) is 2.20. The average Bonchev–Trinajstić information content (AvgIpc) is 2.19. The van der Waals surface area contributed by atoms with Crippen LogP contribution < -0.4 is 10.2 Å². The smallest absolute Gasteiger partial charge is 0.178 e. The van der Waals surface area contributed by atoms with Gasteiger partial charge in [0.2, 0.25) is 0 Å². The number of anilines is 1. The molecular formula is C12H13BrN2S. The lowest BCUT2D eigenvalue weighted by molar-refractivity contribution is 0.566. The molecule has 0 aliphatic carbocycles. The molecule has 1 aliphatic heterocycles. The third kappa shape index (κ3) is 2.44. The van der Waals surface area contributed by atoms with Gasteiger partial charge in [0, 0.05) is 16.4 Å². The third-order valence-corrected chi connectivity index (χ3v) is 3.22. The fraction of sp³-hybridized carbons (Fsp3) is 0.250. The largest absolute Gasteiger partial charge is 0.354 e. The first kappa shape index (κ1) is 11.6. The highest BCUT2D eigenvalue weighted by Gasteiger charge is 2.23. The van der Waals surface area contributed by atoms with Gasteiger partial charge in [-0.05, 0) is 56.4 Å². The molecule has 0 amide bonds. The SMILES string of the molecule is CC1(C)C=CN(c2ccc(Br)cc2)C(=S)N1. The van der Waals surface area contributed by atoms with Crippen molar-refractivity contribution in [1.29, 1.82) is 0 Å². The van der Waals surface area contributed by atoms with Crippen molar-refractivity contribution in [2.45, 2.75) is 19.4 Å². The van der Waals surface area contributed by atoms with Crippen molar-refractivity contribution in [3.63, 3.8) is 0 Å². The second-order valence-electron chi connectivity index (χ2n) is 4.31. The molecule has 0 saturated carbocycles. The van der Waals surface area contributed by atoms with Crippen LogP contribution >= 0.6 is 28.1 Å². The van der Waals surface area contributed by atoms with Gasteiger partial charge in [0.15, 0.2) is 5.11 Å². The van der Waals surface area contributed by atoms with Crippen molar-refractivity contribution >= 4 is 38.9 Å². The van der Waals surface area contributed by atoms with Crippen molar-refractivity contribution < 1.29 is 0 Å². The maximum absolute atomic E-state index is 5.34. The van der Waals surface area contributed by atoms with Crippen LogP contribution in [0.1, 0.15) is 13.8 Å². The van der Waals surface area contributed by atoms with Crippen molar-refractivity contribution in [2.24, 2.45) is 0 Å². The minimum absolute atomic E-state index is 0.0665. The fourth-order valence-electron chi connectivity index (χ4n) is 1.51. The number of nitrogens with one attached hydrogen (secondary N) is 1. The van der Waals surface area contributed by atoms with Gasteiger partial charge < -0.3 is 5.32 Å². The summed E-state index contributed by atoms with van der Waals surface area (Å²) in [7, 11) is 0. The number of halogens is 1. The second kappa shape index (κ2) is 4.18. The van der Waals surface area contributed by atoms with Crippen LogP contribution in [-0.2, 0) is 0 Å². The van der Waals surface area contributed by atoms with E-state index in [1.807, 2.05) is 35.4 Å². The summed E-state index contributed by atoms with van der Waals surface area (Å²) in [6.07, 6.45) is 4.12. The van der Waals surface area contributed by atoms with Crippen LogP contribution in [0.2, 0.25) is 0 Å². The molecule has 0 saturated heterocycles. The van der Waals surface area contributed by atoms with E-state index < -0.39 is 0 Å². The van der Waals surface area contributed by atoms with E-state index >= 15 is 0 Å². The molecule has 0 radical (unpaired) electrons. The van der Waals surface area contributed by atoms with Crippen molar-refractivity contribution in [1.82, 2.24) is 5.32 Å². The van der Waals surface area contributed by atoms with Gasteiger partial charge >= 0.3 is 0 Å². The van der Waals surface area contributed by atoms with E-state index in [0.29, 0.717) is 0 Å². The van der Waals surface area contributed by atoms with Gasteiger partial charge in [-0.1, -0.05) is 15.9 Å². The predicted molar refractivity (Wildman–Crippen MR) is 75.6 cm³/mol. The summed E-state index contributed by atoms with van der Waals surface area (Å²) >= 11 is 8.76. The Balaban J connectivity index is 2.29. The lowest BCUT2D eigenvalue weighted by atomic mass is 10.0. The molecule has 4 heteroatoms. The van der Waals surface area contributed by atoms with Crippen LogP contribution in [0.15, 0.2) is 41.0 Å². The molecule has 1 aromatic rings. The summed E-state index contributed by atoms with van der Waals surface area (Å²) in [6.45, 7) is 4.18. The molecule has 84 valence electrons. The molecule has 0 unspecified atom stereocenters. The first-order chi connectivity index (χ1) is 7.48. The zero-order valence-corrected chi connectivity index (χ0v) is 11.6. The highest BCUT2D eigenvalue weighted by atomic mass is 79.9. The van der Waals surface area contributed by atoms with Gasteiger partial charge in [-0.2, -0.15) is 0 Å². The van der Waals surface area contributed by atoms with Crippen molar-refractivity contribution in [3.05, 3.63) is 41.0 Å². The number of hydrogen-bond donors (Lipinski definition) is 1. The molecule has 0 spiro atoms. The number of benzene rings is 1. The molecule has 1 aromatic carbocycles. The summed E-state index contributed by atoms with van der Waals surface area (Å²) in [5.74, 6) is 0. The first-order valence-corrected chi connectivity index (χ1v) is 6.24. The minimum Gasteiger partial charge on any atom is -0.354 e. The standard InChI is InChI=1S/C12H13BrN2S/c1-12(2)7-8-15(11(16)14-12)10-5-3-9(13)4-6-10/h3-8H,1-2H3,(H,14,16). The highest BCUT2D eigenvalue weighted by molar-refractivity contribution is 9.10. The number of nitrogens with zero attached hydrogens (tertiary/aromatic N) is 1. The Morgan fingerprint density at radius 3 is 2.44 bits per heavy atom. The molecular weight excluding hydrogens is 284 g/mol. The van der Waals surface area contributed by atoms with Crippen LogP contribution in [0.4, 0.5) is 5.69 Å². The summed E-state index contributed by atoms with van der Waals surface area (Å²) in [6, 6.07) is 8.07. The monoisotopic (exact) mass is 296 g/mol. The maximum Gasteiger partial charge on any atom is 0.178 e. The van der Waals surface area contributed by atoms with E-state index in [0.717, 1.165) is 15.3 Å². The van der Waals surface area contributed by atoms with Crippen LogP contribution in [0, 0.1) is 0 Å². The molecule has 0 fully saturated rings. The Labute approximate surface area is 109 Å². The van der Waals surface area contributed by atoms with Crippen molar-refractivity contribution in [2.75, 3.05) is 4.90 Å². The summed E-state index contributed by atoms with van der Waals surface area (Å²) in [4.78, 5) is 1.97. The van der Waals surface area contributed by atoms with Crippen LogP contribution in [0.5, 0.6) is 0 Å². The Morgan fingerprint density at radius 1 is 1.25 bits per heavy atom. The lowest BCUT2D eigenvalue weighted by Crippen LogP contribution is -2.51. The van der Waals surface area contributed by atoms with Crippen LogP contribution in [-0.4, -0.2) is 10.7 Å². The van der Waals surface area contributed by atoms with Crippen LogP contribution in [0.3, 0.4) is 0 Å². The summed E-state index contributed by atoms with van der Waals surface area (Å²) < 4.78 is 1.07. The quantitative estimate of drug-likeness (QED) is 0.799. The van der Waals surface area contributed by atoms with E-state index in [2.05, 4.69) is 41.2 Å². The molecule has 16 heavy (non-hydrogen) atoms. The molecule has 1 heterocycles.